The monoisotopic (exact) mass is 318 g/mol. The average molecular weight is 318 g/mol. The number of fused-ring (bicyclic) bond motifs is 1. The maximum absolute atomic E-state index is 10.2. The van der Waals surface area contributed by atoms with Crippen molar-refractivity contribution in [1.29, 1.82) is 0 Å². The minimum absolute atomic E-state index is 0.104. The molecule has 0 spiro atoms. The zero-order valence-electron chi connectivity index (χ0n) is 13.4. The van der Waals surface area contributed by atoms with Crippen LogP contribution in [-0.4, -0.2) is 17.9 Å². The molecule has 0 bridgehead atoms. The summed E-state index contributed by atoms with van der Waals surface area (Å²) in [7, 11) is 1.58. The van der Waals surface area contributed by atoms with Crippen LogP contribution in [-0.2, 0) is 0 Å². The molecule has 1 aliphatic rings. The number of hydrogen-bond donors (Lipinski definition) is 2. The summed E-state index contributed by atoms with van der Waals surface area (Å²) in [6.07, 6.45) is 0.730. The summed E-state index contributed by atoms with van der Waals surface area (Å²) in [4.78, 5) is 0. The fraction of sp³-hybridized carbons (Fsp3) is 0.150. The lowest BCUT2D eigenvalue weighted by Gasteiger charge is -2.13. The Morgan fingerprint density at radius 1 is 1.08 bits per heavy atom. The van der Waals surface area contributed by atoms with Gasteiger partial charge in [-0.15, -0.1) is 0 Å². The van der Waals surface area contributed by atoms with E-state index in [1.165, 1.54) is 16.3 Å². The molecule has 0 aliphatic carbocycles. The number of benzene rings is 3. The molecule has 0 radical (unpaired) electrons. The summed E-state index contributed by atoms with van der Waals surface area (Å²) in [5, 5.41) is 17.1. The van der Waals surface area contributed by atoms with Gasteiger partial charge in [-0.3, -0.25) is 0 Å². The van der Waals surface area contributed by atoms with Crippen LogP contribution < -0.4 is 10.2 Å². The first-order valence-corrected chi connectivity index (χ1v) is 7.93. The van der Waals surface area contributed by atoms with Crippen molar-refractivity contribution in [3.63, 3.8) is 0 Å². The number of rotatable bonds is 3. The van der Waals surface area contributed by atoms with Gasteiger partial charge in [0.05, 0.1) is 18.9 Å². The molecule has 0 amide bonds. The van der Waals surface area contributed by atoms with Gasteiger partial charge in [0.25, 0.3) is 0 Å². The number of nitrogens with zero attached hydrogens (tertiary/aromatic N) is 1. The van der Waals surface area contributed by atoms with E-state index in [0.29, 0.717) is 5.75 Å². The van der Waals surface area contributed by atoms with Crippen LogP contribution >= 0.6 is 0 Å². The number of methoxy groups -OCH3 is 1. The second-order valence-electron chi connectivity index (χ2n) is 5.90. The highest BCUT2D eigenvalue weighted by atomic mass is 16.5. The Labute approximate surface area is 140 Å². The molecule has 0 aromatic heterocycles. The highest BCUT2D eigenvalue weighted by Gasteiger charge is 2.24. The van der Waals surface area contributed by atoms with Crippen LogP contribution in [0.2, 0.25) is 0 Å². The summed E-state index contributed by atoms with van der Waals surface area (Å²) >= 11 is 0. The Balaban J connectivity index is 1.64. The molecule has 24 heavy (non-hydrogen) atoms. The smallest absolute Gasteiger partial charge is 0.128 e. The SMILES string of the molecule is COc1ccc(C2=NNC(c3cccc4ccccc34)C2)c(O)c1. The van der Waals surface area contributed by atoms with Crippen LogP contribution in [0.15, 0.2) is 65.8 Å². The fourth-order valence-electron chi connectivity index (χ4n) is 3.23. The third-order valence-corrected chi connectivity index (χ3v) is 4.47. The molecular weight excluding hydrogens is 300 g/mol. The molecule has 1 heterocycles. The summed E-state index contributed by atoms with van der Waals surface area (Å²) in [6, 6.07) is 20.1. The van der Waals surface area contributed by atoms with Gasteiger partial charge < -0.3 is 15.3 Å². The molecule has 4 heteroatoms. The maximum atomic E-state index is 10.2. The standard InChI is InChI=1S/C20H18N2O2/c1-24-14-9-10-17(20(23)11-14)19-12-18(21-22-19)16-8-4-6-13-5-2-3-7-15(13)16/h2-11,18,21,23H,12H2,1H3. The molecular formula is C20H18N2O2. The lowest BCUT2D eigenvalue weighted by Crippen LogP contribution is -2.10. The first kappa shape index (κ1) is 14.6. The highest BCUT2D eigenvalue weighted by Crippen LogP contribution is 2.33. The van der Waals surface area contributed by atoms with Gasteiger partial charge in [0.15, 0.2) is 0 Å². The van der Waals surface area contributed by atoms with Gasteiger partial charge in [-0.05, 0) is 28.5 Å². The number of nitrogens with one attached hydrogen (secondary N) is 1. The highest BCUT2D eigenvalue weighted by molar-refractivity contribution is 6.04. The largest absolute Gasteiger partial charge is 0.507 e. The van der Waals surface area contributed by atoms with Crippen LogP contribution in [0.25, 0.3) is 10.8 Å². The molecule has 3 aromatic carbocycles. The Hall–Kier alpha value is -3.01. The zero-order valence-corrected chi connectivity index (χ0v) is 13.4. The number of aromatic hydroxyl groups is 1. The van der Waals surface area contributed by atoms with E-state index in [9.17, 15) is 5.11 Å². The first-order chi connectivity index (χ1) is 11.8. The molecule has 3 aromatic rings. The van der Waals surface area contributed by atoms with Crippen LogP contribution in [0.1, 0.15) is 23.6 Å². The molecule has 1 unspecified atom stereocenters. The Bertz CT molecular complexity index is 929. The molecule has 2 N–H and O–H groups in total. The van der Waals surface area contributed by atoms with Gasteiger partial charge in [-0.2, -0.15) is 5.10 Å². The van der Waals surface area contributed by atoms with Crippen molar-refractivity contribution in [3.8, 4) is 11.5 Å². The van der Waals surface area contributed by atoms with Gasteiger partial charge >= 0.3 is 0 Å². The van der Waals surface area contributed by atoms with Crippen LogP contribution in [0.3, 0.4) is 0 Å². The molecule has 4 nitrogen and oxygen atoms in total. The molecule has 0 saturated heterocycles. The van der Waals surface area contributed by atoms with E-state index < -0.39 is 0 Å². The molecule has 4 rings (SSSR count). The van der Waals surface area contributed by atoms with E-state index >= 15 is 0 Å². The Morgan fingerprint density at radius 2 is 1.92 bits per heavy atom. The minimum atomic E-state index is 0.104. The topological polar surface area (TPSA) is 53.8 Å². The zero-order chi connectivity index (χ0) is 16.5. The van der Waals surface area contributed by atoms with E-state index in [-0.39, 0.29) is 11.8 Å². The van der Waals surface area contributed by atoms with Gasteiger partial charge in [0.1, 0.15) is 11.5 Å². The molecule has 1 aliphatic heterocycles. The lowest BCUT2D eigenvalue weighted by atomic mass is 9.94. The number of hydrazone groups is 1. The van der Waals surface area contributed by atoms with Gasteiger partial charge in [-0.25, -0.2) is 0 Å². The molecule has 120 valence electrons. The Morgan fingerprint density at radius 3 is 2.75 bits per heavy atom. The third-order valence-electron chi connectivity index (χ3n) is 4.47. The van der Waals surface area contributed by atoms with E-state index in [0.717, 1.165) is 17.7 Å². The molecule has 0 fully saturated rings. The van der Waals surface area contributed by atoms with E-state index in [1.807, 2.05) is 18.2 Å². The van der Waals surface area contributed by atoms with Crippen molar-refractivity contribution < 1.29 is 9.84 Å². The third kappa shape index (κ3) is 2.46. The van der Waals surface area contributed by atoms with Crippen molar-refractivity contribution in [2.45, 2.75) is 12.5 Å². The van der Waals surface area contributed by atoms with Crippen molar-refractivity contribution in [2.24, 2.45) is 5.10 Å². The van der Waals surface area contributed by atoms with Crippen molar-refractivity contribution >= 4 is 16.5 Å². The van der Waals surface area contributed by atoms with Gasteiger partial charge in [0.2, 0.25) is 0 Å². The predicted octanol–water partition coefficient (Wildman–Crippen LogP) is 3.99. The predicted molar refractivity (Wildman–Crippen MR) is 95.6 cm³/mol. The van der Waals surface area contributed by atoms with E-state index in [2.05, 4.69) is 46.9 Å². The summed E-state index contributed by atoms with van der Waals surface area (Å²) in [5.74, 6) is 0.821. The average Bonchev–Trinajstić information content (AvgIpc) is 3.10. The second-order valence-corrected chi connectivity index (χ2v) is 5.90. The number of phenolic OH excluding ortho intramolecular Hbond substituents is 1. The summed E-state index contributed by atoms with van der Waals surface area (Å²) in [5.41, 5.74) is 6.03. The summed E-state index contributed by atoms with van der Waals surface area (Å²) in [6.45, 7) is 0. The fourth-order valence-corrected chi connectivity index (χ4v) is 3.23. The van der Waals surface area contributed by atoms with Crippen molar-refractivity contribution in [1.82, 2.24) is 5.43 Å². The number of phenols is 1. The summed E-state index contributed by atoms with van der Waals surface area (Å²) < 4.78 is 5.14. The van der Waals surface area contributed by atoms with E-state index in [4.69, 9.17) is 4.74 Å². The minimum Gasteiger partial charge on any atom is -0.507 e. The number of ether oxygens (including phenoxy) is 1. The molecule has 1 atom stereocenters. The molecule has 0 saturated carbocycles. The van der Waals surface area contributed by atoms with Crippen LogP contribution in [0.5, 0.6) is 11.5 Å². The Kier molecular flexibility index (Phi) is 3.58. The van der Waals surface area contributed by atoms with E-state index in [1.54, 1.807) is 13.2 Å². The normalized spacial score (nSPS) is 16.7. The maximum Gasteiger partial charge on any atom is 0.128 e. The van der Waals surface area contributed by atoms with Crippen LogP contribution in [0.4, 0.5) is 0 Å². The van der Waals surface area contributed by atoms with Gasteiger partial charge in [0, 0.05) is 18.1 Å². The quantitative estimate of drug-likeness (QED) is 0.767. The van der Waals surface area contributed by atoms with Crippen molar-refractivity contribution in [3.05, 3.63) is 71.8 Å². The van der Waals surface area contributed by atoms with Gasteiger partial charge in [-0.1, -0.05) is 42.5 Å². The number of hydrogen-bond acceptors (Lipinski definition) is 4. The second kappa shape index (κ2) is 5.89. The lowest BCUT2D eigenvalue weighted by molar-refractivity contribution is 0.407. The first-order valence-electron chi connectivity index (χ1n) is 7.93. The van der Waals surface area contributed by atoms with Crippen LogP contribution in [0, 0.1) is 0 Å². The van der Waals surface area contributed by atoms with Crippen molar-refractivity contribution in [2.75, 3.05) is 7.11 Å².